The number of hydrogen-bond acceptors (Lipinski definition) is 3. The van der Waals surface area contributed by atoms with Gasteiger partial charge in [-0.2, -0.15) is 11.8 Å². The van der Waals surface area contributed by atoms with Crippen molar-refractivity contribution in [3.63, 3.8) is 0 Å². The second-order valence-electron chi connectivity index (χ2n) is 4.07. The fourth-order valence-corrected chi connectivity index (χ4v) is 2.92. The van der Waals surface area contributed by atoms with Crippen LogP contribution in [0.1, 0.15) is 18.5 Å². The Hall–Kier alpha value is -0.740. The molecule has 0 bridgehead atoms. The van der Waals surface area contributed by atoms with E-state index in [1.165, 1.54) is 6.07 Å². The zero-order chi connectivity index (χ0) is 11.5. The molecule has 1 heterocycles. The summed E-state index contributed by atoms with van der Waals surface area (Å²) < 4.78 is 13.9. The van der Waals surface area contributed by atoms with Crippen molar-refractivity contribution in [1.82, 2.24) is 0 Å². The summed E-state index contributed by atoms with van der Waals surface area (Å²) in [6.45, 7) is 3.72. The maximum Gasteiger partial charge on any atom is 0.146 e. The highest BCUT2D eigenvalue weighted by atomic mass is 32.2. The summed E-state index contributed by atoms with van der Waals surface area (Å²) in [6.07, 6.45) is 0. The minimum Gasteiger partial charge on any atom is -0.367 e. The van der Waals surface area contributed by atoms with Crippen LogP contribution in [0.4, 0.5) is 10.1 Å². The van der Waals surface area contributed by atoms with Crippen molar-refractivity contribution >= 4 is 17.4 Å². The minimum absolute atomic E-state index is 0.125. The molecule has 1 aliphatic heterocycles. The van der Waals surface area contributed by atoms with Gasteiger partial charge in [-0.3, -0.25) is 0 Å². The highest BCUT2D eigenvalue weighted by Crippen LogP contribution is 2.30. The number of benzene rings is 1. The smallest absolute Gasteiger partial charge is 0.146 e. The van der Waals surface area contributed by atoms with Gasteiger partial charge in [0.2, 0.25) is 0 Å². The lowest BCUT2D eigenvalue weighted by molar-refractivity contribution is 0.613. The van der Waals surface area contributed by atoms with E-state index in [4.69, 9.17) is 5.73 Å². The standard InChI is InChI=1S/C12H17FN2S/c1-9(14)10-3-2-4-11(13)12(10)15-5-7-16-8-6-15/h2-4,9H,5-8,14H2,1H3. The van der Waals surface area contributed by atoms with Crippen LogP contribution < -0.4 is 10.6 Å². The van der Waals surface area contributed by atoms with Crippen LogP contribution in [0.15, 0.2) is 18.2 Å². The molecule has 1 aromatic rings. The number of halogens is 1. The number of para-hydroxylation sites is 1. The summed E-state index contributed by atoms with van der Waals surface area (Å²) in [7, 11) is 0. The van der Waals surface area contributed by atoms with Crippen LogP contribution in [-0.4, -0.2) is 24.6 Å². The van der Waals surface area contributed by atoms with Gasteiger partial charge in [-0.05, 0) is 18.6 Å². The maximum absolute atomic E-state index is 13.9. The lowest BCUT2D eigenvalue weighted by Gasteiger charge is -2.31. The predicted octanol–water partition coefficient (Wildman–Crippen LogP) is 2.40. The van der Waals surface area contributed by atoms with Crippen molar-refractivity contribution in [2.45, 2.75) is 13.0 Å². The third-order valence-electron chi connectivity index (χ3n) is 2.84. The van der Waals surface area contributed by atoms with E-state index in [1.54, 1.807) is 6.07 Å². The molecule has 16 heavy (non-hydrogen) atoms. The average Bonchev–Trinajstić information content (AvgIpc) is 2.29. The number of nitrogens with two attached hydrogens (primary N) is 1. The lowest BCUT2D eigenvalue weighted by atomic mass is 10.1. The molecule has 88 valence electrons. The zero-order valence-electron chi connectivity index (χ0n) is 9.45. The third kappa shape index (κ3) is 2.33. The van der Waals surface area contributed by atoms with Crippen LogP contribution >= 0.6 is 11.8 Å². The van der Waals surface area contributed by atoms with Gasteiger partial charge in [0.05, 0.1) is 5.69 Å². The Morgan fingerprint density at radius 1 is 1.38 bits per heavy atom. The summed E-state index contributed by atoms with van der Waals surface area (Å²) in [5, 5.41) is 0. The van der Waals surface area contributed by atoms with Crippen LogP contribution in [0.3, 0.4) is 0 Å². The van der Waals surface area contributed by atoms with E-state index < -0.39 is 0 Å². The number of anilines is 1. The van der Waals surface area contributed by atoms with Crippen molar-refractivity contribution in [2.75, 3.05) is 29.5 Å². The third-order valence-corrected chi connectivity index (χ3v) is 3.78. The topological polar surface area (TPSA) is 29.3 Å². The lowest BCUT2D eigenvalue weighted by Crippen LogP contribution is -2.34. The molecule has 0 amide bonds. The first kappa shape index (κ1) is 11.7. The molecule has 0 aromatic heterocycles. The Balaban J connectivity index is 2.36. The second kappa shape index (κ2) is 5.06. The summed E-state index contributed by atoms with van der Waals surface area (Å²) in [4.78, 5) is 2.12. The molecule has 1 atom stereocenters. The first-order chi connectivity index (χ1) is 7.70. The fourth-order valence-electron chi connectivity index (χ4n) is 2.02. The Labute approximate surface area is 100 Å². The molecule has 1 aliphatic rings. The number of rotatable bonds is 2. The summed E-state index contributed by atoms with van der Waals surface area (Å²) in [5.41, 5.74) is 7.51. The van der Waals surface area contributed by atoms with Crippen LogP contribution in [0.25, 0.3) is 0 Å². The van der Waals surface area contributed by atoms with Crippen molar-refractivity contribution in [3.05, 3.63) is 29.6 Å². The molecule has 2 N–H and O–H groups in total. The summed E-state index contributed by atoms with van der Waals surface area (Å²) in [6, 6.07) is 5.05. The van der Waals surface area contributed by atoms with Gasteiger partial charge < -0.3 is 10.6 Å². The molecule has 1 aromatic carbocycles. The summed E-state index contributed by atoms with van der Waals surface area (Å²) >= 11 is 1.92. The molecule has 2 rings (SSSR count). The normalized spacial score (nSPS) is 18.6. The highest BCUT2D eigenvalue weighted by molar-refractivity contribution is 7.99. The molecular formula is C12H17FN2S. The zero-order valence-corrected chi connectivity index (χ0v) is 10.3. The van der Waals surface area contributed by atoms with Gasteiger partial charge in [0.25, 0.3) is 0 Å². The Bertz CT molecular complexity index is 362. The molecular weight excluding hydrogens is 223 g/mol. The quantitative estimate of drug-likeness (QED) is 0.860. The fraction of sp³-hybridized carbons (Fsp3) is 0.500. The van der Waals surface area contributed by atoms with E-state index in [0.717, 1.165) is 30.2 Å². The number of hydrogen-bond donors (Lipinski definition) is 1. The minimum atomic E-state index is -0.151. The van der Waals surface area contributed by atoms with Gasteiger partial charge in [0.1, 0.15) is 5.82 Å². The van der Waals surface area contributed by atoms with E-state index in [0.29, 0.717) is 5.69 Å². The van der Waals surface area contributed by atoms with Gasteiger partial charge in [0.15, 0.2) is 0 Å². The Morgan fingerprint density at radius 3 is 2.69 bits per heavy atom. The molecule has 4 heteroatoms. The van der Waals surface area contributed by atoms with Crippen molar-refractivity contribution in [1.29, 1.82) is 0 Å². The molecule has 0 saturated carbocycles. The molecule has 0 spiro atoms. The van der Waals surface area contributed by atoms with Gasteiger partial charge in [-0.15, -0.1) is 0 Å². The van der Waals surface area contributed by atoms with Crippen molar-refractivity contribution in [3.8, 4) is 0 Å². The Kier molecular flexibility index (Phi) is 3.71. The molecule has 0 radical (unpaired) electrons. The van der Waals surface area contributed by atoms with E-state index in [9.17, 15) is 4.39 Å². The van der Waals surface area contributed by atoms with Crippen LogP contribution in [0.5, 0.6) is 0 Å². The average molecular weight is 240 g/mol. The SMILES string of the molecule is CC(N)c1cccc(F)c1N1CCSCC1. The highest BCUT2D eigenvalue weighted by Gasteiger charge is 2.19. The number of nitrogens with zero attached hydrogens (tertiary/aromatic N) is 1. The molecule has 1 unspecified atom stereocenters. The van der Waals surface area contributed by atoms with Gasteiger partial charge in [0, 0.05) is 30.6 Å². The van der Waals surface area contributed by atoms with Crippen molar-refractivity contribution < 1.29 is 4.39 Å². The number of thioether (sulfide) groups is 1. The predicted molar refractivity (Wildman–Crippen MR) is 68.5 cm³/mol. The first-order valence-corrected chi connectivity index (χ1v) is 6.72. The monoisotopic (exact) mass is 240 g/mol. The Morgan fingerprint density at radius 2 is 2.06 bits per heavy atom. The van der Waals surface area contributed by atoms with Crippen LogP contribution in [0, 0.1) is 5.82 Å². The second-order valence-corrected chi connectivity index (χ2v) is 5.29. The largest absolute Gasteiger partial charge is 0.367 e. The molecule has 2 nitrogen and oxygen atoms in total. The molecule has 1 saturated heterocycles. The first-order valence-electron chi connectivity index (χ1n) is 5.57. The summed E-state index contributed by atoms with van der Waals surface area (Å²) in [5.74, 6) is 1.97. The molecule has 0 aliphatic carbocycles. The van der Waals surface area contributed by atoms with E-state index in [2.05, 4.69) is 4.90 Å². The van der Waals surface area contributed by atoms with Gasteiger partial charge in [-0.25, -0.2) is 4.39 Å². The van der Waals surface area contributed by atoms with Gasteiger partial charge >= 0.3 is 0 Å². The van der Waals surface area contributed by atoms with Gasteiger partial charge in [-0.1, -0.05) is 12.1 Å². The van der Waals surface area contributed by atoms with E-state index >= 15 is 0 Å². The van der Waals surface area contributed by atoms with E-state index in [1.807, 2.05) is 24.8 Å². The molecule has 1 fully saturated rings. The van der Waals surface area contributed by atoms with E-state index in [-0.39, 0.29) is 11.9 Å². The maximum atomic E-state index is 13.9. The van der Waals surface area contributed by atoms with Crippen molar-refractivity contribution in [2.24, 2.45) is 5.73 Å². The van der Waals surface area contributed by atoms with Crippen LogP contribution in [0.2, 0.25) is 0 Å². The van der Waals surface area contributed by atoms with Crippen LogP contribution in [-0.2, 0) is 0 Å².